The lowest BCUT2D eigenvalue weighted by Crippen LogP contribution is -2.44. The third-order valence-electron chi connectivity index (χ3n) is 2.35. The lowest BCUT2D eigenvalue weighted by molar-refractivity contribution is -0.156. The predicted molar refractivity (Wildman–Crippen MR) is 57.5 cm³/mol. The summed E-state index contributed by atoms with van der Waals surface area (Å²) in [6.45, 7) is 1.43. The third kappa shape index (κ3) is 2.31. The highest BCUT2D eigenvalue weighted by atomic mass is 16.6. The standard InChI is InChI=1S/C12H11NO4/c1-8-11(12(14)15-7-6-13)17-10-5-3-2-4-9(10)16-8/h2-5,8,11H,7H2,1H3. The Labute approximate surface area is 98.5 Å². The third-order valence-corrected chi connectivity index (χ3v) is 2.35. The van der Waals surface area contributed by atoms with Gasteiger partial charge in [-0.3, -0.25) is 0 Å². The number of para-hydroxylation sites is 2. The Morgan fingerprint density at radius 2 is 2.06 bits per heavy atom. The molecule has 2 atom stereocenters. The van der Waals surface area contributed by atoms with Crippen molar-refractivity contribution in [3.63, 3.8) is 0 Å². The van der Waals surface area contributed by atoms with Crippen molar-refractivity contribution >= 4 is 5.97 Å². The summed E-state index contributed by atoms with van der Waals surface area (Å²) in [5.74, 6) is 0.516. The molecule has 0 bridgehead atoms. The van der Waals surface area contributed by atoms with Gasteiger partial charge in [-0.25, -0.2) is 4.79 Å². The molecule has 0 radical (unpaired) electrons. The SMILES string of the molecule is CC1Oc2ccccc2OC1C(=O)OCC#N. The monoisotopic (exact) mass is 233 g/mol. The van der Waals surface area contributed by atoms with Crippen LogP contribution in [0.15, 0.2) is 24.3 Å². The second-order valence-corrected chi connectivity index (χ2v) is 3.57. The van der Waals surface area contributed by atoms with Crippen LogP contribution in [0.2, 0.25) is 0 Å². The number of carbonyl (C=O) groups excluding carboxylic acids is 1. The van der Waals surface area contributed by atoms with E-state index >= 15 is 0 Å². The minimum Gasteiger partial charge on any atom is -0.482 e. The van der Waals surface area contributed by atoms with Gasteiger partial charge in [-0.05, 0) is 19.1 Å². The number of hydrogen-bond donors (Lipinski definition) is 0. The van der Waals surface area contributed by atoms with Crippen LogP contribution in [0.1, 0.15) is 6.92 Å². The topological polar surface area (TPSA) is 68.6 Å². The molecule has 1 heterocycles. The van der Waals surface area contributed by atoms with Crippen molar-refractivity contribution in [3.05, 3.63) is 24.3 Å². The van der Waals surface area contributed by atoms with E-state index in [0.29, 0.717) is 11.5 Å². The molecule has 0 amide bonds. The lowest BCUT2D eigenvalue weighted by Gasteiger charge is -2.30. The van der Waals surface area contributed by atoms with E-state index in [9.17, 15) is 4.79 Å². The Morgan fingerprint density at radius 1 is 1.41 bits per heavy atom. The summed E-state index contributed by atoms with van der Waals surface area (Å²) in [5, 5.41) is 8.34. The van der Waals surface area contributed by atoms with Gasteiger partial charge < -0.3 is 14.2 Å². The van der Waals surface area contributed by atoms with E-state index in [4.69, 9.17) is 19.5 Å². The fourth-order valence-electron chi connectivity index (χ4n) is 1.56. The van der Waals surface area contributed by atoms with Crippen LogP contribution in [-0.4, -0.2) is 24.8 Å². The van der Waals surface area contributed by atoms with Crippen LogP contribution in [0, 0.1) is 11.3 Å². The number of fused-ring (bicyclic) bond motifs is 1. The Hall–Kier alpha value is -2.22. The molecule has 1 aromatic rings. The number of esters is 1. The lowest BCUT2D eigenvalue weighted by atomic mass is 10.2. The normalized spacial score (nSPS) is 21.4. The van der Waals surface area contributed by atoms with Gasteiger partial charge in [0.25, 0.3) is 0 Å². The van der Waals surface area contributed by atoms with Gasteiger partial charge in [0.05, 0.1) is 0 Å². The maximum Gasteiger partial charge on any atom is 0.352 e. The first-order valence-electron chi connectivity index (χ1n) is 5.18. The van der Waals surface area contributed by atoms with Gasteiger partial charge in [-0.1, -0.05) is 12.1 Å². The summed E-state index contributed by atoms with van der Waals surface area (Å²) in [6, 6.07) is 8.82. The summed E-state index contributed by atoms with van der Waals surface area (Å²) in [6.07, 6.45) is -1.28. The summed E-state index contributed by atoms with van der Waals surface area (Å²) < 4.78 is 15.7. The molecule has 0 aromatic heterocycles. The van der Waals surface area contributed by atoms with E-state index in [0.717, 1.165) is 0 Å². The molecular formula is C12H11NO4. The Kier molecular flexibility index (Phi) is 3.15. The van der Waals surface area contributed by atoms with E-state index in [-0.39, 0.29) is 6.61 Å². The van der Waals surface area contributed by atoms with Crippen molar-refractivity contribution in [1.82, 2.24) is 0 Å². The van der Waals surface area contributed by atoms with Gasteiger partial charge in [0.15, 0.2) is 18.1 Å². The van der Waals surface area contributed by atoms with Crippen molar-refractivity contribution in [2.75, 3.05) is 6.61 Å². The van der Waals surface area contributed by atoms with Crippen LogP contribution in [0.5, 0.6) is 11.5 Å². The van der Waals surface area contributed by atoms with Gasteiger partial charge in [0.2, 0.25) is 6.10 Å². The molecule has 0 saturated heterocycles. The van der Waals surface area contributed by atoms with Crippen molar-refractivity contribution in [3.8, 4) is 17.6 Å². The molecule has 1 aromatic carbocycles. The molecule has 0 N–H and O–H groups in total. The van der Waals surface area contributed by atoms with Crippen LogP contribution in [0.25, 0.3) is 0 Å². The highest BCUT2D eigenvalue weighted by Crippen LogP contribution is 2.33. The summed E-state index contributed by atoms with van der Waals surface area (Å²) >= 11 is 0. The first-order chi connectivity index (χ1) is 8.22. The maximum atomic E-state index is 11.6. The zero-order valence-corrected chi connectivity index (χ0v) is 9.25. The van der Waals surface area contributed by atoms with Gasteiger partial charge in [0, 0.05) is 0 Å². The molecule has 0 spiro atoms. The molecule has 88 valence electrons. The Morgan fingerprint density at radius 3 is 2.71 bits per heavy atom. The molecule has 2 unspecified atom stereocenters. The average molecular weight is 233 g/mol. The Bertz CT molecular complexity index is 466. The summed E-state index contributed by atoms with van der Waals surface area (Å²) in [5.41, 5.74) is 0. The number of rotatable bonds is 2. The minimum absolute atomic E-state index is 0.285. The molecule has 17 heavy (non-hydrogen) atoms. The smallest absolute Gasteiger partial charge is 0.352 e. The van der Waals surface area contributed by atoms with E-state index in [2.05, 4.69) is 0 Å². The molecule has 5 heteroatoms. The van der Waals surface area contributed by atoms with Crippen LogP contribution in [-0.2, 0) is 9.53 Å². The van der Waals surface area contributed by atoms with Crippen LogP contribution in [0.3, 0.4) is 0 Å². The fourth-order valence-corrected chi connectivity index (χ4v) is 1.56. The molecule has 5 nitrogen and oxygen atoms in total. The number of ether oxygens (including phenoxy) is 3. The minimum atomic E-state index is -0.835. The zero-order valence-electron chi connectivity index (χ0n) is 9.25. The predicted octanol–water partition coefficient (Wildman–Crippen LogP) is 1.28. The first-order valence-corrected chi connectivity index (χ1v) is 5.18. The molecule has 1 aliphatic rings. The molecule has 0 saturated carbocycles. The second-order valence-electron chi connectivity index (χ2n) is 3.57. The van der Waals surface area contributed by atoms with Gasteiger partial charge >= 0.3 is 5.97 Å². The zero-order chi connectivity index (χ0) is 12.3. The van der Waals surface area contributed by atoms with Gasteiger partial charge in [-0.2, -0.15) is 5.26 Å². The van der Waals surface area contributed by atoms with Gasteiger partial charge in [-0.15, -0.1) is 0 Å². The first kappa shape index (κ1) is 11.3. The number of nitriles is 1. The maximum absolute atomic E-state index is 11.6. The highest BCUT2D eigenvalue weighted by molar-refractivity contribution is 5.76. The summed E-state index contributed by atoms with van der Waals surface area (Å²) in [7, 11) is 0. The van der Waals surface area contributed by atoms with Gasteiger partial charge in [0.1, 0.15) is 12.2 Å². The number of benzene rings is 1. The van der Waals surface area contributed by atoms with E-state index in [1.54, 1.807) is 31.2 Å². The average Bonchev–Trinajstić information content (AvgIpc) is 2.35. The molecule has 1 aliphatic heterocycles. The quantitative estimate of drug-likeness (QED) is 0.720. The van der Waals surface area contributed by atoms with Crippen molar-refractivity contribution in [2.45, 2.75) is 19.1 Å². The van der Waals surface area contributed by atoms with E-state index in [1.807, 2.05) is 6.07 Å². The van der Waals surface area contributed by atoms with E-state index < -0.39 is 18.2 Å². The molecule has 2 rings (SSSR count). The Balaban J connectivity index is 2.12. The van der Waals surface area contributed by atoms with Crippen LogP contribution >= 0.6 is 0 Å². The highest BCUT2D eigenvalue weighted by Gasteiger charge is 2.35. The molecular weight excluding hydrogens is 222 g/mol. The second kappa shape index (κ2) is 4.74. The van der Waals surface area contributed by atoms with Crippen LogP contribution < -0.4 is 9.47 Å². The fraction of sp³-hybridized carbons (Fsp3) is 0.333. The van der Waals surface area contributed by atoms with Crippen LogP contribution in [0.4, 0.5) is 0 Å². The van der Waals surface area contributed by atoms with Crippen molar-refractivity contribution in [1.29, 1.82) is 5.26 Å². The number of hydrogen-bond acceptors (Lipinski definition) is 5. The number of nitrogens with zero attached hydrogens (tertiary/aromatic N) is 1. The molecule has 0 aliphatic carbocycles. The number of carbonyl (C=O) groups is 1. The van der Waals surface area contributed by atoms with Crippen molar-refractivity contribution < 1.29 is 19.0 Å². The molecule has 0 fully saturated rings. The van der Waals surface area contributed by atoms with E-state index in [1.165, 1.54) is 0 Å². The largest absolute Gasteiger partial charge is 0.482 e. The summed E-state index contributed by atoms with van der Waals surface area (Å²) in [4.78, 5) is 11.6. The van der Waals surface area contributed by atoms with Crippen molar-refractivity contribution in [2.24, 2.45) is 0 Å².